The van der Waals surface area contributed by atoms with Crippen molar-refractivity contribution in [1.82, 2.24) is 0 Å². The number of hydrogen-bond donors (Lipinski definition) is 0. The zero-order valence-corrected chi connectivity index (χ0v) is 18.4. The molecule has 0 aliphatic carbocycles. The van der Waals surface area contributed by atoms with Crippen LogP contribution in [-0.2, 0) is 16.0 Å². The van der Waals surface area contributed by atoms with Crippen LogP contribution in [0.15, 0.2) is 82.0 Å². The Morgan fingerprint density at radius 3 is 2.34 bits per heavy atom. The minimum atomic E-state index is -1.01. The van der Waals surface area contributed by atoms with Crippen LogP contribution < -0.4 is 10.4 Å². The number of benzene rings is 3. The minimum Gasteiger partial charge on any atom is -0.472 e. The van der Waals surface area contributed by atoms with Gasteiger partial charge in [0.05, 0.1) is 12.1 Å². The molecule has 4 rings (SSSR count). The Bertz CT molecular complexity index is 1310. The lowest BCUT2D eigenvalue weighted by Gasteiger charge is -2.18. The summed E-state index contributed by atoms with van der Waals surface area (Å²) < 4.78 is 16.4. The molecule has 162 valence electrons. The molecule has 6 heteroatoms. The highest BCUT2D eigenvalue weighted by atomic mass is 35.5. The monoisotopic (exact) mass is 448 g/mol. The van der Waals surface area contributed by atoms with Crippen LogP contribution in [0.1, 0.15) is 28.4 Å². The van der Waals surface area contributed by atoms with E-state index in [1.807, 2.05) is 43.3 Å². The molecule has 5 nitrogen and oxygen atoms in total. The fourth-order valence-corrected chi connectivity index (χ4v) is 3.81. The highest BCUT2D eigenvalue weighted by Gasteiger charge is 2.25. The topological polar surface area (TPSA) is 65.7 Å². The van der Waals surface area contributed by atoms with Crippen molar-refractivity contribution in [3.05, 3.63) is 110 Å². The van der Waals surface area contributed by atoms with Gasteiger partial charge in [0.15, 0.2) is 0 Å². The van der Waals surface area contributed by atoms with Gasteiger partial charge in [-0.2, -0.15) is 0 Å². The first-order chi connectivity index (χ1) is 15.5. The van der Waals surface area contributed by atoms with Gasteiger partial charge in [-0.15, -0.1) is 0 Å². The molecule has 0 bridgehead atoms. The lowest BCUT2D eigenvalue weighted by molar-refractivity contribution is -0.149. The molecule has 4 aromatic rings. The second-order valence-corrected chi connectivity index (χ2v) is 7.77. The Hall–Kier alpha value is -3.57. The first-order valence-electron chi connectivity index (χ1n) is 10.1. The number of carbonyl (C=O) groups excluding carboxylic acids is 1. The van der Waals surface area contributed by atoms with Crippen molar-refractivity contribution in [3.8, 4) is 5.75 Å². The van der Waals surface area contributed by atoms with Gasteiger partial charge in [-0.1, -0.05) is 72.3 Å². The van der Waals surface area contributed by atoms with Crippen LogP contribution in [0.4, 0.5) is 0 Å². The summed E-state index contributed by atoms with van der Waals surface area (Å²) in [5, 5.41) is 1.01. The molecule has 0 fully saturated rings. The molecule has 1 atom stereocenters. The smallest absolute Gasteiger partial charge is 0.351 e. The lowest BCUT2D eigenvalue weighted by atomic mass is 9.99. The maximum Gasteiger partial charge on any atom is 0.351 e. The number of esters is 1. The summed E-state index contributed by atoms with van der Waals surface area (Å²) in [6, 6.07) is 21.9. The van der Waals surface area contributed by atoms with Crippen LogP contribution in [0, 0.1) is 6.92 Å². The molecule has 0 amide bonds. The molecular weight excluding hydrogens is 428 g/mol. The van der Waals surface area contributed by atoms with E-state index in [-0.39, 0.29) is 5.75 Å². The van der Waals surface area contributed by atoms with Crippen molar-refractivity contribution in [1.29, 1.82) is 0 Å². The van der Waals surface area contributed by atoms with E-state index in [0.717, 1.165) is 11.1 Å². The van der Waals surface area contributed by atoms with Crippen LogP contribution >= 0.6 is 11.6 Å². The Labute approximate surface area is 190 Å². The number of hydrogen-bond acceptors (Lipinski definition) is 5. The molecule has 1 aromatic heterocycles. The van der Waals surface area contributed by atoms with Gasteiger partial charge in [-0.25, -0.2) is 9.59 Å². The first-order valence-corrected chi connectivity index (χ1v) is 10.4. The van der Waals surface area contributed by atoms with Crippen LogP contribution in [0.2, 0.25) is 5.02 Å². The molecule has 0 N–H and O–H groups in total. The van der Waals surface area contributed by atoms with Gasteiger partial charge in [0.25, 0.3) is 0 Å². The third kappa shape index (κ3) is 4.39. The Morgan fingerprint density at radius 2 is 1.69 bits per heavy atom. The average Bonchev–Trinajstić information content (AvgIpc) is 2.82. The van der Waals surface area contributed by atoms with Crippen molar-refractivity contribution < 1.29 is 18.7 Å². The molecular formula is C26H21ClO5. The maximum atomic E-state index is 12.7. The molecule has 1 unspecified atom stereocenters. The van der Waals surface area contributed by atoms with E-state index in [1.54, 1.807) is 30.3 Å². The van der Waals surface area contributed by atoms with Crippen molar-refractivity contribution in [2.75, 3.05) is 7.11 Å². The van der Waals surface area contributed by atoms with Gasteiger partial charge < -0.3 is 13.9 Å². The normalized spacial score (nSPS) is 11.8. The predicted octanol–water partition coefficient (Wildman–Crippen LogP) is 5.64. The van der Waals surface area contributed by atoms with Gasteiger partial charge >= 0.3 is 11.6 Å². The molecule has 0 saturated carbocycles. The fraction of sp³-hybridized carbons (Fsp3) is 0.154. The molecule has 0 saturated heterocycles. The summed E-state index contributed by atoms with van der Waals surface area (Å²) >= 11 is 6.51. The van der Waals surface area contributed by atoms with Gasteiger partial charge in [0, 0.05) is 29.0 Å². The molecule has 0 radical (unpaired) electrons. The number of ether oxygens (including phenoxy) is 2. The fourth-order valence-electron chi connectivity index (χ4n) is 3.60. The summed E-state index contributed by atoms with van der Waals surface area (Å²) in [5.41, 5.74) is 2.91. The average molecular weight is 449 g/mol. The summed E-state index contributed by atoms with van der Waals surface area (Å²) in [4.78, 5) is 25.1. The molecule has 1 heterocycles. The van der Waals surface area contributed by atoms with Crippen molar-refractivity contribution in [2.45, 2.75) is 19.4 Å². The second-order valence-electron chi connectivity index (χ2n) is 7.37. The summed E-state index contributed by atoms with van der Waals surface area (Å²) in [6.45, 7) is 1.87. The minimum absolute atomic E-state index is 0.219. The van der Waals surface area contributed by atoms with Gasteiger partial charge in [0.1, 0.15) is 11.3 Å². The van der Waals surface area contributed by atoms with Crippen molar-refractivity contribution >= 4 is 28.5 Å². The van der Waals surface area contributed by atoms with Crippen LogP contribution in [-0.4, -0.2) is 13.1 Å². The third-order valence-electron chi connectivity index (χ3n) is 5.33. The van der Waals surface area contributed by atoms with Gasteiger partial charge in [0.2, 0.25) is 6.10 Å². The number of methoxy groups -OCH3 is 1. The van der Waals surface area contributed by atoms with Gasteiger partial charge in [-0.3, -0.25) is 0 Å². The Kier molecular flexibility index (Phi) is 6.28. The highest BCUT2D eigenvalue weighted by molar-refractivity contribution is 6.32. The standard InChI is InChI=1S/C26H21ClO5/c1-16-19-14-21(27)23(31-24(26(29)30-2)18-11-7-4-8-12-18)15-22(19)32-25(28)20(16)13-17-9-5-3-6-10-17/h3-12,14-15,24H,13H2,1-2H3. The summed E-state index contributed by atoms with van der Waals surface area (Å²) in [5.74, 6) is -0.347. The van der Waals surface area contributed by atoms with E-state index in [9.17, 15) is 9.59 Å². The maximum absolute atomic E-state index is 12.7. The quantitative estimate of drug-likeness (QED) is 0.282. The van der Waals surface area contributed by atoms with Crippen LogP contribution in [0.3, 0.4) is 0 Å². The number of rotatable bonds is 6. The SMILES string of the molecule is COC(=O)C(Oc1cc2oc(=O)c(Cc3ccccc3)c(C)c2cc1Cl)c1ccccc1. The lowest BCUT2D eigenvalue weighted by Crippen LogP contribution is -2.20. The number of aryl methyl sites for hydroxylation is 1. The molecule has 0 spiro atoms. The van der Waals surface area contributed by atoms with E-state index in [2.05, 4.69) is 0 Å². The zero-order chi connectivity index (χ0) is 22.7. The molecule has 0 aliphatic heterocycles. The van der Waals surface area contributed by atoms with Crippen molar-refractivity contribution in [2.24, 2.45) is 0 Å². The van der Waals surface area contributed by atoms with Crippen LogP contribution in [0.25, 0.3) is 11.0 Å². The molecule has 0 aliphatic rings. The van der Waals surface area contributed by atoms with E-state index in [1.165, 1.54) is 13.2 Å². The second kappa shape index (κ2) is 9.28. The van der Waals surface area contributed by atoms with Crippen molar-refractivity contribution in [3.63, 3.8) is 0 Å². The summed E-state index contributed by atoms with van der Waals surface area (Å²) in [7, 11) is 1.29. The largest absolute Gasteiger partial charge is 0.472 e. The van der Waals surface area contributed by atoms with E-state index < -0.39 is 17.7 Å². The Morgan fingerprint density at radius 1 is 1.03 bits per heavy atom. The van der Waals surface area contributed by atoms with Crippen LogP contribution in [0.5, 0.6) is 5.75 Å². The zero-order valence-electron chi connectivity index (χ0n) is 17.6. The molecule has 32 heavy (non-hydrogen) atoms. The van der Waals surface area contributed by atoms with Gasteiger partial charge in [-0.05, 0) is 24.1 Å². The predicted molar refractivity (Wildman–Crippen MR) is 123 cm³/mol. The number of halogens is 1. The Balaban J connectivity index is 1.74. The highest BCUT2D eigenvalue weighted by Crippen LogP contribution is 2.35. The van der Waals surface area contributed by atoms with E-state index >= 15 is 0 Å². The van der Waals surface area contributed by atoms with E-state index in [0.29, 0.717) is 33.5 Å². The first kappa shape index (κ1) is 21.7. The van der Waals surface area contributed by atoms with E-state index in [4.69, 9.17) is 25.5 Å². The molecule has 3 aromatic carbocycles. The summed E-state index contributed by atoms with van der Waals surface area (Å²) in [6.07, 6.45) is -0.555. The number of fused-ring (bicyclic) bond motifs is 1. The number of carbonyl (C=O) groups is 1. The third-order valence-corrected chi connectivity index (χ3v) is 5.62.